The van der Waals surface area contributed by atoms with Crippen molar-refractivity contribution in [3.63, 3.8) is 0 Å². The molecule has 0 saturated carbocycles. The van der Waals surface area contributed by atoms with Crippen LogP contribution >= 0.6 is 0 Å². The summed E-state index contributed by atoms with van der Waals surface area (Å²) in [6.07, 6.45) is 1.53. The van der Waals surface area contributed by atoms with E-state index in [1.807, 2.05) is 13.8 Å². The summed E-state index contributed by atoms with van der Waals surface area (Å²) >= 11 is 0. The van der Waals surface area contributed by atoms with Crippen molar-refractivity contribution in [3.8, 4) is 0 Å². The molecule has 10 heteroatoms. The first-order valence-electron chi connectivity index (χ1n) is 8.52. The maximum Gasteiger partial charge on any atom is 0.417 e. The Hall–Kier alpha value is -2.72. The van der Waals surface area contributed by atoms with Crippen molar-refractivity contribution in [1.29, 1.82) is 0 Å². The minimum absolute atomic E-state index is 0.111. The van der Waals surface area contributed by atoms with Gasteiger partial charge in [0, 0.05) is 43.5 Å². The zero-order chi connectivity index (χ0) is 19.2. The van der Waals surface area contributed by atoms with Crippen LogP contribution in [0.4, 0.5) is 5.82 Å². The van der Waals surface area contributed by atoms with Crippen molar-refractivity contribution in [2.45, 2.75) is 18.7 Å². The van der Waals surface area contributed by atoms with E-state index in [1.54, 1.807) is 0 Å². The number of nitrogens with one attached hydrogen (secondary N) is 1. The Morgan fingerprint density at radius 2 is 1.85 bits per heavy atom. The van der Waals surface area contributed by atoms with Gasteiger partial charge in [-0.25, -0.2) is 23.2 Å². The largest absolute Gasteiger partial charge is 0.417 e. The van der Waals surface area contributed by atoms with E-state index in [9.17, 15) is 13.2 Å². The molecule has 27 heavy (non-hydrogen) atoms. The third-order valence-corrected chi connectivity index (χ3v) is 6.77. The van der Waals surface area contributed by atoms with Gasteiger partial charge in [0.05, 0.1) is 10.4 Å². The van der Waals surface area contributed by atoms with Gasteiger partial charge in [0.15, 0.2) is 5.58 Å². The van der Waals surface area contributed by atoms with Crippen LogP contribution in [0.1, 0.15) is 11.3 Å². The molecule has 0 radical (unpaired) electrons. The number of nitrogens with zero attached hydrogens (tertiary/aromatic N) is 4. The Bertz CT molecular complexity index is 1160. The zero-order valence-corrected chi connectivity index (χ0v) is 15.8. The highest BCUT2D eigenvalue weighted by Gasteiger charge is 2.30. The van der Waals surface area contributed by atoms with Gasteiger partial charge in [0.25, 0.3) is 0 Å². The van der Waals surface area contributed by atoms with Gasteiger partial charge in [-0.3, -0.25) is 4.98 Å². The molecule has 0 amide bonds. The highest BCUT2D eigenvalue weighted by atomic mass is 32.2. The normalized spacial score (nSPS) is 16.1. The fraction of sp³-hybridized carbons (Fsp3) is 0.353. The van der Waals surface area contributed by atoms with Crippen molar-refractivity contribution in [2.75, 3.05) is 31.1 Å². The monoisotopic (exact) mass is 389 g/mol. The molecule has 9 nitrogen and oxygen atoms in total. The van der Waals surface area contributed by atoms with Gasteiger partial charge in [-0.05, 0) is 26.0 Å². The van der Waals surface area contributed by atoms with Crippen LogP contribution in [-0.4, -0.2) is 53.9 Å². The molecule has 142 valence electrons. The van der Waals surface area contributed by atoms with E-state index in [1.165, 1.54) is 28.8 Å². The van der Waals surface area contributed by atoms with Gasteiger partial charge in [-0.15, -0.1) is 0 Å². The van der Waals surface area contributed by atoms with Crippen molar-refractivity contribution in [2.24, 2.45) is 0 Å². The molecule has 1 fully saturated rings. The molecule has 2 aromatic heterocycles. The lowest BCUT2D eigenvalue weighted by atomic mass is 10.2. The minimum Gasteiger partial charge on any atom is -0.408 e. The summed E-state index contributed by atoms with van der Waals surface area (Å²) in [5.74, 6) is 0.235. The molecular weight excluding hydrogens is 370 g/mol. The number of benzene rings is 1. The smallest absolute Gasteiger partial charge is 0.408 e. The van der Waals surface area contributed by atoms with Crippen LogP contribution in [-0.2, 0) is 10.0 Å². The molecule has 3 heterocycles. The van der Waals surface area contributed by atoms with Gasteiger partial charge < -0.3 is 9.32 Å². The molecule has 0 aliphatic carbocycles. The molecule has 1 aliphatic heterocycles. The average Bonchev–Trinajstić information content (AvgIpc) is 3.03. The lowest BCUT2D eigenvalue weighted by Gasteiger charge is -2.35. The Labute approximate surface area is 155 Å². The second kappa shape index (κ2) is 6.46. The predicted octanol–water partition coefficient (Wildman–Crippen LogP) is 1.04. The van der Waals surface area contributed by atoms with Crippen molar-refractivity contribution in [1.82, 2.24) is 19.3 Å². The summed E-state index contributed by atoms with van der Waals surface area (Å²) in [7, 11) is -3.67. The minimum atomic E-state index is -3.67. The first-order valence-corrected chi connectivity index (χ1v) is 9.96. The Kier molecular flexibility index (Phi) is 4.23. The number of fused-ring (bicyclic) bond motifs is 1. The van der Waals surface area contributed by atoms with Gasteiger partial charge >= 0.3 is 5.76 Å². The Morgan fingerprint density at radius 1 is 1.11 bits per heavy atom. The van der Waals surface area contributed by atoms with Gasteiger partial charge in [0.2, 0.25) is 10.0 Å². The summed E-state index contributed by atoms with van der Waals surface area (Å²) in [5.41, 5.74) is 2.61. The number of aromatic amines is 1. The number of H-pyrrole nitrogens is 1. The average molecular weight is 389 g/mol. The highest BCUT2D eigenvalue weighted by Crippen LogP contribution is 2.24. The van der Waals surface area contributed by atoms with E-state index in [0.29, 0.717) is 31.7 Å². The van der Waals surface area contributed by atoms with Gasteiger partial charge in [0.1, 0.15) is 12.1 Å². The lowest BCUT2D eigenvalue weighted by molar-refractivity contribution is 0.383. The van der Waals surface area contributed by atoms with E-state index in [0.717, 1.165) is 17.1 Å². The van der Waals surface area contributed by atoms with Crippen LogP contribution in [0, 0.1) is 13.8 Å². The summed E-state index contributed by atoms with van der Waals surface area (Å²) < 4.78 is 32.3. The number of anilines is 1. The number of aromatic nitrogens is 3. The van der Waals surface area contributed by atoms with Crippen molar-refractivity contribution in [3.05, 3.63) is 46.3 Å². The molecule has 1 saturated heterocycles. The van der Waals surface area contributed by atoms with Crippen molar-refractivity contribution < 1.29 is 12.8 Å². The molecule has 1 N–H and O–H groups in total. The summed E-state index contributed by atoms with van der Waals surface area (Å²) in [6, 6.07) is 4.40. The number of rotatable bonds is 3. The molecule has 1 aliphatic rings. The van der Waals surface area contributed by atoms with E-state index in [-0.39, 0.29) is 10.5 Å². The fourth-order valence-corrected chi connectivity index (χ4v) is 4.66. The number of oxazole rings is 1. The maximum absolute atomic E-state index is 13.0. The lowest BCUT2D eigenvalue weighted by Crippen LogP contribution is -2.49. The van der Waals surface area contributed by atoms with Crippen molar-refractivity contribution >= 4 is 26.9 Å². The summed E-state index contributed by atoms with van der Waals surface area (Å²) in [5, 5.41) is 0. The third kappa shape index (κ3) is 3.10. The van der Waals surface area contributed by atoms with Gasteiger partial charge in [-0.1, -0.05) is 0 Å². The topological polar surface area (TPSA) is 112 Å². The Morgan fingerprint density at radius 3 is 2.59 bits per heavy atom. The van der Waals surface area contributed by atoms with Crippen LogP contribution < -0.4 is 10.7 Å². The van der Waals surface area contributed by atoms with Crippen LogP contribution in [0.3, 0.4) is 0 Å². The van der Waals surface area contributed by atoms with E-state index in [4.69, 9.17) is 4.42 Å². The molecule has 0 unspecified atom stereocenters. The summed E-state index contributed by atoms with van der Waals surface area (Å²) in [4.78, 5) is 24.5. The standard InChI is InChI=1S/C17H19N5O4S/c1-11-12(2)18-10-19-16(11)21-5-7-22(8-6-21)27(24,25)13-3-4-14-15(9-13)26-17(23)20-14/h3-4,9-10H,5-8H2,1-2H3,(H,20,23). The van der Waals surface area contributed by atoms with Crippen LogP contribution in [0.5, 0.6) is 0 Å². The second-order valence-electron chi connectivity index (χ2n) is 6.47. The SMILES string of the molecule is Cc1ncnc(N2CCN(S(=O)(=O)c3ccc4[nH]c(=O)oc4c3)CC2)c1C. The second-order valence-corrected chi connectivity index (χ2v) is 8.41. The predicted molar refractivity (Wildman–Crippen MR) is 99.3 cm³/mol. The van der Waals surface area contributed by atoms with Gasteiger partial charge in [-0.2, -0.15) is 4.31 Å². The van der Waals surface area contributed by atoms with Crippen LogP contribution in [0.15, 0.2) is 38.6 Å². The number of aryl methyl sites for hydroxylation is 1. The highest BCUT2D eigenvalue weighted by molar-refractivity contribution is 7.89. The molecule has 0 spiro atoms. The first-order chi connectivity index (χ1) is 12.9. The van der Waals surface area contributed by atoms with Crippen LogP contribution in [0.2, 0.25) is 0 Å². The quantitative estimate of drug-likeness (QED) is 0.712. The van der Waals surface area contributed by atoms with E-state index in [2.05, 4.69) is 19.9 Å². The molecule has 1 aromatic carbocycles. The number of hydrogen-bond donors (Lipinski definition) is 1. The molecule has 3 aromatic rings. The number of sulfonamides is 1. The maximum atomic E-state index is 13.0. The summed E-state index contributed by atoms with van der Waals surface area (Å²) in [6.45, 7) is 5.67. The third-order valence-electron chi connectivity index (χ3n) is 4.88. The zero-order valence-electron chi connectivity index (χ0n) is 15.0. The molecular formula is C17H19N5O4S. The number of piperazine rings is 1. The van der Waals surface area contributed by atoms with Crippen LogP contribution in [0.25, 0.3) is 11.1 Å². The van der Waals surface area contributed by atoms with E-state index >= 15 is 0 Å². The van der Waals surface area contributed by atoms with E-state index < -0.39 is 15.8 Å². The fourth-order valence-electron chi connectivity index (χ4n) is 3.22. The molecule has 4 rings (SSSR count). The Balaban J connectivity index is 1.55. The molecule has 0 bridgehead atoms. The number of hydrogen-bond acceptors (Lipinski definition) is 7. The first kappa shape index (κ1) is 17.7. The molecule has 0 atom stereocenters.